The number of ether oxygens (including phenoxy) is 1. The maximum atomic E-state index is 5.54. The zero-order valence-electron chi connectivity index (χ0n) is 17.7. The van der Waals surface area contributed by atoms with Crippen molar-refractivity contribution >= 4 is 19.3 Å². The van der Waals surface area contributed by atoms with Crippen LogP contribution in [0.15, 0.2) is 60.7 Å². The average molecular weight is 393 g/mol. The predicted octanol–water partition coefficient (Wildman–Crippen LogP) is 7.05. The van der Waals surface area contributed by atoms with Crippen molar-refractivity contribution in [1.82, 2.24) is 0 Å². The highest BCUT2D eigenvalue weighted by Gasteiger charge is 2.37. The molecule has 1 saturated heterocycles. The fraction of sp³-hybridized carbons (Fsp3) is 0.462. The summed E-state index contributed by atoms with van der Waals surface area (Å²) in [6.07, 6.45) is 11.6. The lowest BCUT2D eigenvalue weighted by molar-refractivity contribution is 0.340. The van der Waals surface area contributed by atoms with Crippen LogP contribution in [0.5, 0.6) is 5.75 Å². The molecule has 2 heteroatoms. The number of benzene rings is 2. The molecule has 2 aromatic carbocycles. The van der Waals surface area contributed by atoms with E-state index in [1.807, 2.05) is 6.92 Å². The summed E-state index contributed by atoms with van der Waals surface area (Å²) in [7, 11) is -1.31. The Balaban J connectivity index is 1.61. The molecule has 0 atom stereocenters. The van der Waals surface area contributed by atoms with Crippen molar-refractivity contribution in [2.45, 2.75) is 64.1 Å². The Bertz CT molecular complexity index is 712. The van der Waals surface area contributed by atoms with E-state index in [2.05, 4.69) is 73.7 Å². The Hall–Kier alpha value is -1.80. The van der Waals surface area contributed by atoms with Gasteiger partial charge in [0.1, 0.15) is 5.75 Å². The van der Waals surface area contributed by atoms with Gasteiger partial charge in [-0.15, -0.1) is 0 Å². The Morgan fingerprint density at radius 2 is 1.64 bits per heavy atom. The molecule has 0 amide bonds. The standard InChI is InChI=1S/C26H36OSi/c1-3-5-9-20-28(26-10-7-6-8-11-26)21-18-24(19-22-28)13-12-23-14-16-25(17-15-23)27-4-2/h6-8,10-17,24H,3-5,9,18-22H2,1-2H3. The predicted molar refractivity (Wildman–Crippen MR) is 125 cm³/mol. The van der Waals surface area contributed by atoms with Gasteiger partial charge in [-0.3, -0.25) is 0 Å². The highest BCUT2D eigenvalue weighted by Crippen LogP contribution is 2.37. The summed E-state index contributed by atoms with van der Waals surface area (Å²) in [6.45, 7) is 5.07. The van der Waals surface area contributed by atoms with E-state index in [1.165, 1.54) is 55.8 Å². The van der Waals surface area contributed by atoms with Crippen LogP contribution in [0.25, 0.3) is 6.08 Å². The van der Waals surface area contributed by atoms with Gasteiger partial charge in [-0.25, -0.2) is 0 Å². The number of hydrogen-bond donors (Lipinski definition) is 0. The van der Waals surface area contributed by atoms with Crippen LogP contribution in [0.3, 0.4) is 0 Å². The maximum absolute atomic E-state index is 5.54. The van der Waals surface area contributed by atoms with Gasteiger partial charge in [0.25, 0.3) is 0 Å². The summed E-state index contributed by atoms with van der Waals surface area (Å²) in [4.78, 5) is 0. The van der Waals surface area contributed by atoms with Crippen LogP contribution in [0.1, 0.15) is 51.5 Å². The van der Waals surface area contributed by atoms with Gasteiger partial charge in [0.15, 0.2) is 0 Å². The van der Waals surface area contributed by atoms with Gasteiger partial charge in [0.05, 0.1) is 14.7 Å². The summed E-state index contributed by atoms with van der Waals surface area (Å²) >= 11 is 0. The smallest absolute Gasteiger partial charge is 0.119 e. The summed E-state index contributed by atoms with van der Waals surface area (Å²) in [5.74, 6) is 1.70. The van der Waals surface area contributed by atoms with Crippen molar-refractivity contribution < 1.29 is 4.74 Å². The van der Waals surface area contributed by atoms with Crippen LogP contribution in [-0.4, -0.2) is 14.7 Å². The van der Waals surface area contributed by atoms with E-state index in [4.69, 9.17) is 4.74 Å². The van der Waals surface area contributed by atoms with Gasteiger partial charge < -0.3 is 4.74 Å². The molecule has 2 aromatic rings. The van der Waals surface area contributed by atoms with Crippen LogP contribution >= 0.6 is 0 Å². The largest absolute Gasteiger partial charge is 0.494 e. The molecule has 0 N–H and O–H groups in total. The SMILES string of the molecule is CCCCC[Si]1(c2ccccc2)CCC(C=Cc2ccc(OCC)cc2)CC1. The number of allylic oxidation sites excluding steroid dienone is 1. The molecule has 1 fully saturated rings. The fourth-order valence-electron chi connectivity index (χ4n) is 4.66. The molecule has 1 heterocycles. The zero-order chi connectivity index (χ0) is 19.7. The van der Waals surface area contributed by atoms with Gasteiger partial charge in [-0.2, -0.15) is 0 Å². The van der Waals surface area contributed by atoms with Crippen LogP contribution in [0.2, 0.25) is 18.1 Å². The molecule has 28 heavy (non-hydrogen) atoms. The average Bonchev–Trinajstić information content (AvgIpc) is 2.75. The lowest BCUT2D eigenvalue weighted by Crippen LogP contribution is -2.49. The molecule has 0 radical (unpaired) electrons. The topological polar surface area (TPSA) is 9.23 Å². The second kappa shape index (κ2) is 10.7. The molecule has 150 valence electrons. The summed E-state index contributed by atoms with van der Waals surface area (Å²) in [6, 6.07) is 24.4. The molecule has 1 aliphatic rings. The minimum Gasteiger partial charge on any atom is -0.494 e. The molecule has 1 aliphatic heterocycles. The second-order valence-corrected chi connectivity index (χ2v) is 12.9. The number of hydrogen-bond acceptors (Lipinski definition) is 1. The monoisotopic (exact) mass is 392 g/mol. The van der Waals surface area contributed by atoms with E-state index in [9.17, 15) is 0 Å². The van der Waals surface area contributed by atoms with Crippen molar-refractivity contribution in [2.24, 2.45) is 5.92 Å². The Morgan fingerprint density at radius 3 is 2.29 bits per heavy atom. The molecule has 0 saturated carbocycles. The maximum Gasteiger partial charge on any atom is 0.119 e. The van der Waals surface area contributed by atoms with Gasteiger partial charge >= 0.3 is 0 Å². The van der Waals surface area contributed by atoms with Crippen molar-refractivity contribution in [3.63, 3.8) is 0 Å². The van der Waals surface area contributed by atoms with Gasteiger partial charge in [-0.05, 0) is 43.4 Å². The van der Waals surface area contributed by atoms with E-state index in [-0.39, 0.29) is 0 Å². The molecular weight excluding hydrogens is 356 g/mol. The van der Waals surface area contributed by atoms with Crippen LogP contribution in [0, 0.1) is 5.92 Å². The Labute approximate surface area is 172 Å². The summed E-state index contributed by atoms with van der Waals surface area (Å²) in [5.41, 5.74) is 1.28. The highest BCUT2D eigenvalue weighted by atomic mass is 28.3. The fourth-order valence-corrected chi connectivity index (χ4v) is 9.95. The molecule has 0 aromatic heterocycles. The van der Waals surface area contributed by atoms with E-state index in [1.54, 1.807) is 5.19 Å². The lowest BCUT2D eigenvalue weighted by atomic mass is 10.0. The highest BCUT2D eigenvalue weighted by molar-refractivity contribution is 6.92. The molecule has 0 aliphatic carbocycles. The van der Waals surface area contributed by atoms with Gasteiger partial charge in [-0.1, -0.05) is 104 Å². The van der Waals surface area contributed by atoms with Crippen LogP contribution in [0.4, 0.5) is 0 Å². The third-order valence-corrected chi connectivity index (χ3v) is 11.7. The minimum atomic E-state index is -1.31. The van der Waals surface area contributed by atoms with Gasteiger partial charge in [0, 0.05) is 0 Å². The molecule has 0 bridgehead atoms. The Kier molecular flexibility index (Phi) is 7.97. The quantitative estimate of drug-likeness (QED) is 0.328. The van der Waals surface area contributed by atoms with Crippen molar-refractivity contribution in [2.75, 3.05) is 6.61 Å². The minimum absolute atomic E-state index is 0.725. The van der Waals surface area contributed by atoms with Crippen molar-refractivity contribution in [1.29, 1.82) is 0 Å². The van der Waals surface area contributed by atoms with E-state index >= 15 is 0 Å². The normalized spacial score (nSPS) is 22.4. The van der Waals surface area contributed by atoms with Gasteiger partial charge in [0.2, 0.25) is 0 Å². The molecule has 0 unspecified atom stereocenters. The second-order valence-electron chi connectivity index (χ2n) is 8.30. The first kappa shape index (κ1) is 20.9. The van der Waals surface area contributed by atoms with Crippen molar-refractivity contribution in [3.05, 3.63) is 66.2 Å². The summed E-state index contributed by atoms with van der Waals surface area (Å²) < 4.78 is 5.54. The molecule has 3 rings (SSSR count). The van der Waals surface area contributed by atoms with E-state index < -0.39 is 8.07 Å². The lowest BCUT2D eigenvalue weighted by Gasteiger charge is -2.38. The first-order valence-electron chi connectivity index (χ1n) is 11.2. The Morgan fingerprint density at radius 1 is 0.929 bits per heavy atom. The first-order chi connectivity index (χ1) is 13.8. The number of unbranched alkanes of at least 4 members (excludes halogenated alkanes) is 2. The number of rotatable bonds is 9. The third kappa shape index (κ3) is 5.61. The van der Waals surface area contributed by atoms with E-state index in [0.717, 1.165) is 18.3 Å². The first-order valence-corrected chi connectivity index (χ1v) is 13.8. The van der Waals surface area contributed by atoms with Crippen LogP contribution in [-0.2, 0) is 0 Å². The zero-order valence-corrected chi connectivity index (χ0v) is 18.7. The van der Waals surface area contributed by atoms with Crippen LogP contribution < -0.4 is 9.92 Å². The third-order valence-electron chi connectivity index (χ3n) is 6.38. The molecule has 1 nitrogen and oxygen atoms in total. The van der Waals surface area contributed by atoms with Crippen molar-refractivity contribution in [3.8, 4) is 5.75 Å². The molecular formula is C26H36OSi. The van der Waals surface area contributed by atoms with E-state index in [0.29, 0.717) is 0 Å². The summed E-state index contributed by atoms with van der Waals surface area (Å²) in [5, 5.41) is 1.71. The molecule has 0 spiro atoms.